The fourth-order valence-corrected chi connectivity index (χ4v) is 3.67. The van der Waals surface area contributed by atoms with Crippen molar-refractivity contribution < 1.29 is 19.2 Å². The number of likely N-dealkylation sites (N-methyl/N-ethyl adjacent to an activating group) is 1. The van der Waals surface area contributed by atoms with Gasteiger partial charge in [0.15, 0.2) is 0 Å². The number of hydrogen-bond donors (Lipinski definition) is 1. The zero-order chi connectivity index (χ0) is 19.1. The van der Waals surface area contributed by atoms with Crippen LogP contribution in [0.5, 0.6) is 11.5 Å². The highest BCUT2D eigenvalue weighted by Crippen LogP contribution is 2.23. The van der Waals surface area contributed by atoms with Gasteiger partial charge in [-0.25, -0.2) is 0 Å². The van der Waals surface area contributed by atoms with E-state index >= 15 is 0 Å². The number of amides is 1. The summed E-state index contributed by atoms with van der Waals surface area (Å²) >= 11 is 0. The number of carbonyl (C=O) groups is 1. The molecule has 1 fully saturated rings. The van der Waals surface area contributed by atoms with E-state index in [1.165, 1.54) is 4.90 Å². The Morgan fingerprint density at radius 1 is 1.27 bits per heavy atom. The summed E-state index contributed by atoms with van der Waals surface area (Å²) in [6.45, 7) is 12.3. The number of rotatable bonds is 8. The first-order valence-electron chi connectivity index (χ1n) is 9.46. The van der Waals surface area contributed by atoms with Gasteiger partial charge in [-0.05, 0) is 32.0 Å². The van der Waals surface area contributed by atoms with Crippen molar-refractivity contribution in [2.75, 3.05) is 40.4 Å². The highest BCUT2D eigenvalue weighted by molar-refractivity contribution is 5.79. The van der Waals surface area contributed by atoms with Crippen LogP contribution in [0.2, 0.25) is 0 Å². The van der Waals surface area contributed by atoms with Gasteiger partial charge in [-0.1, -0.05) is 12.2 Å². The lowest BCUT2D eigenvalue weighted by Crippen LogP contribution is -3.11. The van der Waals surface area contributed by atoms with Crippen LogP contribution in [0.4, 0.5) is 0 Å². The van der Waals surface area contributed by atoms with E-state index in [1.54, 1.807) is 14.2 Å². The molecule has 5 heteroatoms. The molecule has 0 bridgehead atoms. The van der Waals surface area contributed by atoms with Gasteiger partial charge < -0.3 is 19.3 Å². The molecule has 2 rings (SSSR count). The number of quaternary nitrogens is 1. The summed E-state index contributed by atoms with van der Waals surface area (Å²) < 4.78 is 10.8. The van der Waals surface area contributed by atoms with Gasteiger partial charge in [0.2, 0.25) is 5.91 Å². The Hall–Kier alpha value is -2.01. The molecule has 0 saturated carbocycles. The summed E-state index contributed by atoms with van der Waals surface area (Å²) in [4.78, 5) is 16.2. The molecule has 0 spiro atoms. The lowest BCUT2D eigenvalue weighted by Gasteiger charge is -2.32. The van der Waals surface area contributed by atoms with E-state index in [-0.39, 0.29) is 11.8 Å². The van der Waals surface area contributed by atoms with Gasteiger partial charge in [0.1, 0.15) is 18.0 Å². The SMILES string of the molecule is C=C(C)CN(CC)C(=O)C1CC[NH+](Cc2cc(OC)ccc2OC)CC1. The van der Waals surface area contributed by atoms with Crippen molar-refractivity contribution in [2.45, 2.75) is 33.2 Å². The van der Waals surface area contributed by atoms with Crippen LogP contribution in [-0.2, 0) is 11.3 Å². The van der Waals surface area contributed by atoms with Crippen LogP contribution in [0.1, 0.15) is 32.3 Å². The lowest BCUT2D eigenvalue weighted by atomic mass is 9.94. The second-order valence-corrected chi connectivity index (χ2v) is 7.19. The predicted molar refractivity (Wildman–Crippen MR) is 104 cm³/mol. The smallest absolute Gasteiger partial charge is 0.226 e. The fourth-order valence-electron chi connectivity index (χ4n) is 3.67. The number of ether oxygens (including phenoxy) is 2. The minimum absolute atomic E-state index is 0.144. The number of hydrogen-bond acceptors (Lipinski definition) is 3. The van der Waals surface area contributed by atoms with E-state index in [0.29, 0.717) is 6.54 Å². The second-order valence-electron chi connectivity index (χ2n) is 7.19. The van der Waals surface area contributed by atoms with E-state index in [9.17, 15) is 4.79 Å². The first kappa shape index (κ1) is 20.3. The number of nitrogens with zero attached hydrogens (tertiary/aromatic N) is 1. The van der Waals surface area contributed by atoms with E-state index in [2.05, 4.69) is 12.6 Å². The number of nitrogens with one attached hydrogen (secondary N) is 1. The van der Waals surface area contributed by atoms with Crippen molar-refractivity contribution in [3.8, 4) is 11.5 Å². The largest absolute Gasteiger partial charge is 0.497 e. The molecule has 0 atom stereocenters. The van der Waals surface area contributed by atoms with Gasteiger partial charge in [0.25, 0.3) is 0 Å². The zero-order valence-corrected chi connectivity index (χ0v) is 16.6. The third kappa shape index (κ3) is 5.24. The molecule has 1 aromatic rings. The van der Waals surface area contributed by atoms with Crippen LogP contribution in [0, 0.1) is 5.92 Å². The second kappa shape index (κ2) is 9.62. The number of piperidine rings is 1. The van der Waals surface area contributed by atoms with E-state index in [1.807, 2.05) is 30.9 Å². The summed E-state index contributed by atoms with van der Waals surface area (Å²) in [5.74, 6) is 2.18. The summed E-state index contributed by atoms with van der Waals surface area (Å²) in [5.41, 5.74) is 2.19. The van der Waals surface area contributed by atoms with E-state index < -0.39 is 0 Å². The van der Waals surface area contributed by atoms with Gasteiger partial charge in [-0.3, -0.25) is 4.79 Å². The number of likely N-dealkylation sites (tertiary alicyclic amines) is 1. The Morgan fingerprint density at radius 3 is 2.50 bits per heavy atom. The molecule has 0 aromatic heterocycles. The molecule has 1 amide bonds. The van der Waals surface area contributed by atoms with Crippen molar-refractivity contribution in [3.63, 3.8) is 0 Å². The Bertz CT molecular complexity index is 622. The Labute approximate surface area is 157 Å². The topological polar surface area (TPSA) is 43.2 Å². The molecule has 0 radical (unpaired) electrons. The number of carbonyl (C=O) groups excluding carboxylic acids is 1. The first-order valence-corrected chi connectivity index (χ1v) is 9.46. The van der Waals surface area contributed by atoms with Crippen LogP contribution in [0.25, 0.3) is 0 Å². The van der Waals surface area contributed by atoms with Gasteiger partial charge >= 0.3 is 0 Å². The molecule has 1 heterocycles. The average Bonchev–Trinajstić information content (AvgIpc) is 2.66. The van der Waals surface area contributed by atoms with Crippen molar-refractivity contribution in [2.24, 2.45) is 5.92 Å². The molecule has 144 valence electrons. The van der Waals surface area contributed by atoms with Gasteiger partial charge in [0, 0.05) is 31.8 Å². The molecule has 1 N–H and O–H groups in total. The molecule has 26 heavy (non-hydrogen) atoms. The average molecular weight is 362 g/mol. The Kier molecular flexibility index (Phi) is 7.51. The zero-order valence-electron chi connectivity index (χ0n) is 16.6. The molecular formula is C21H33N2O3+. The fraction of sp³-hybridized carbons (Fsp3) is 0.571. The highest BCUT2D eigenvalue weighted by atomic mass is 16.5. The van der Waals surface area contributed by atoms with Gasteiger partial charge in [-0.2, -0.15) is 0 Å². The minimum atomic E-state index is 0.144. The normalized spacial score (nSPS) is 19.7. The van der Waals surface area contributed by atoms with Crippen LogP contribution in [-0.4, -0.2) is 51.2 Å². The van der Waals surface area contributed by atoms with Crippen molar-refractivity contribution >= 4 is 5.91 Å². The summed E-state index contributed by atoms with van der Waals surface area (Å²) in [7, 11) is 3.38. The maximum atomic E-state index is 12.8. The minimum Gasteiger partial charge on any atom is -0.497 e. The summed E-state index contributed by atoms with van der Waals surface area (Å²) in [6.07, 6.45) is 1.88. The molecule has 1 aliphatic heterocycles. The van der Waals surface area contributed by atoms with Crippen LogP contribution in [0.3, 0.4) is 0 Å². The molecule has 1 aromatic carbocycles. The molecular weight excluding hydrogens is 328 g/mol. The van der Waals surface area contributed by atoms with Crippen molar-refractivity contribution in [3.05, 3.63) is 35.9 Å². The number of methoxy groups -OCH3 is 2. The highest BCUT2D eigenvalue weighted by Gasteiger charge is 2.30. The van der Waals surface area contributed by atoms with Crippen LogP contribution < -0.4 is 14.4 Å². The van der Waals surface area contributed by atoms with Crippen LogP contribution >= 0.6 is 0 Å². The Morgan fingerprint density at radius 2 is 1.96 bits per heavy atom. The Balaban J connectivity index is 1.94. The van der Waals surface area contributed by atoms with Crippen molar-refractivity contribution in [1.29, 1.82) is 0 Å². The van der Waals surface area contributed by atoms with Gasteiger partial charge in [0.05, 0.1) is 32.9 Å². The molecule has 0 unspecified atom stereocenters. The summed E-state index contributed by atoms with van der Waals surface area (Å²) in [5, 5.41) is 0. The van der Waals surface area contributed by atoms with E-state index in [4.69, 9.17) is 9.47 Å². The molecule has 1 saturated heterocycles. The third-order valence-corrected chi connectivity index (χ3v) is 5.12. The van der Waals surface area contributed by atoms with Gasteiger partial charge in [-0.15, -0.1) is 0 Å². The first-order chi connectivity index (χ1) is 12.5. The standard InChI is InChI=1S/C21H32N2O3/c1-6-23(14-16(2)3)21(24)17-9-11-22(12-10-17)15-18-13-19(25-4)7-8-20(18)26-5/h7-8,13,17H,2,6,9-12,14-15H2,1,3-5H3/p+1. The van der Waals surface area contributed by atoms with E-state index in [0.717, 1.165) is 61.7 Å². The quantitative estimate of drug-likeness (QED) is 0.720. The molecule has 0 aliphatic carbocycles. The molecule has 1 aliphatic rings. The maximum absolute atomic E-state index is 12.8. The third-order valence-electron chi connectivity index (χ3n) is 5.12. The molecule has 5 nitrogen and oxygen atoms in total. The van der Waals surface area contributed by atoms with Crippen molar-refractivity contribution in [1.82, 2.24) is 4.90 Å². The lowest BCUT2D eigenvalue weighted by molar-refractivity contribution is -0.919. The number of benzene rings is 1. The van der Waals surface area contributed by atoms with Crippen LogP contribution in [0.15, 0.2) is 30.4 Å². The maximum Gasteiger partial charge on any atom is 0.226 e. The summed E-state index contributed by atoms with van der Waals surface area (Å²) in [6, 6.07) is 5.93. The predicted octanol–water partition coefficient (Wildman–Crippen LogP) is 1.92. The monoisotopic (exact) mass is 361 g/mol.